The molecular formula is C18H21N5O. The van der Waals surface area contributed by atoms with Crippen LogP contribution in [0.4, 0.5) is 0 Å². The molecule has 0 bridgehead atoms. The van der Waals surface area contributed by atoms with Crippen molar-refractivity contribution in [3.05, 3.63) is 71.8 Å². The number of nitrogens with one attached hydrogen (secondary N) is 1. The number of hydrogen-bond acceptors (Lipinski definition) is 3. The van der Waals surface area contributed by atoms with Crippen LogP contribution in [0.1, 0.15) is 27.7 Å². The van der Waals surface area contributed by atoms with Gasteiger partial charge in [-0.2, -0.15) is 0 Å². The molecule has 0 fully saturated rings. The molecule has 1 amide bonds. The number of amides is 1. The van der Waals surface area contributed by atoms with Gasteiger partial charge >= 0.3 is 0 Å². The van der Waals surface area contributed by atoms with Crippen LogP contribution in [0.2, 0.25) is 0 Å². The minimum absolute atomic E-state index is 0.162. The molecule has 0 saturated carbocycles. The van der Waals surface area contributed by atoms with E-state index < -0.39 is 0 Å². The molecule has 1 N–H and O–H groups in total. The van der Waals surface area contributed by atoms with Crippen LogP contribution in [0.15, 0.2) is 48.9 Å². The molecule has 1 aromatic carbocycles. The Hall–Kier alpha value is -2.89. The zero-order chi connectivity index (χ0) is 16.9. The van der Waals surface area contributed by atoms with E-state index in [0.717, 1.165) is 17.9 Å². The fourth-order valence-electron chi connectivity index (χ4n) is 2.68. The van der Waals surface area contributed by atoms with Crippen molar-refractivity contribution in [2.75, 3.05) is 6.54 Å². The van der Waals surface area contributed by atoms with Gasteiger partial charge in [0.2, 0.25) is 0 Å². The van der Waals surface area contributed by atoms with Crippen LogP contribution in [0, 0.1) is 6.92 Å². The molecule has 0 atom stereocenters. The molecule has 124 valence electrons. The molecule has 3 rings (SSSR count). The van der Waals surface area contributed by atoms with Crippen molar-refractivity contribution in [2.24, 2.45) is 7.05 Å². The van der Waals surface area contributed by atoms with Gasteiger partial charge in [-0.3, -0.25) is 4.79 Å². The van der Waals surface area contributed by atoms with Gasteiger partial charge in [-0.1, -0.05) is 30.3 Å². The Labute approximate surface area is 141 Å². The molecule has 0 saturated heterocycles. The summed E-state index contributed by atoms with van der Waals surface area (Å²) in [6.45, 7) is 3.25. The Morgan fingerprint density at radius 1 is 1.21 bits per heavy atom. The van der Waals surface area contributed by atoms with Crippen molar-refractivity contribution in [2.45, 2.75) is 19.9 Å². The monoisotopic (exact) mass is 323 g/mol. The minimum Gasteiger partial charge on any atom is -0.348 e. The maximum absolute atomic E-state index is 12.1. The standard InChI is InChI=1S/C18H21N5O/c1-14-13-21-16(12-15-6-4-3-5-7-15)23(14)11-9-20-18(24)17-19-8-10-22(17)2/h3-8,10,13H,9,11-12H2,1-2H3,(H,20,24). The molecule has 3 aromatic rings. The lowest BCUT2D eigenvalue weighted by molar-refractivity contribution is 0.0938. The van der Waals surface area contributed by atoms with Crippen LogP contribution >= 0.6 is 0 Å². The minimum atomic E-state index is -0.162. The van der Waals surface area contributed by atoms with E-state index in [2.05, 4.69) is 32.0 Å². The van der Waals surface area contributed by atoms with Crippen LogP contribution in [0.3, 0.4) is 0 Å². The highest BCUT2D eigenvalue weighted by molar-refractivity contribution is 5.90. The van der Waals surface area contributed by atoms with Gasteiger partial charge in [0.25, 0.3) is 5.91 Å². The maximum Gasteiger partial charge on any atom is 0.287 e. The summed E-state index contributed by atoms with van der Waals surface area (Å²) in [4.78, 5) is 20.7. The van der Waals surface area contributed by atoms with Crippen LogP contribution in [0.5, 0.6) is 0 Å². The number of imidazole rings is 2. The van der Waals surface area contributed by atoms with Crippen LogP contribution in [0.25, 0.3) is 0 Å². The Morgan fingerprint density at radius 3 is 2.71 bits per heavy atom. The topological polar surface area (TPSA) is 64.7 Å². The number of nitrogens with zero attached hydrogens (tertiary/aromatic N) is 4. The van der Waals surface area contributed by atoms with Gasteiger partial charge in [0.1, 0.15) is 5.82 Å². The van der Waals surface area contributed by atoms with E-state index in [-0.39, 0.29) is 5.91 Å². The second-order valence-corrected chi connectivity index (χ2v) is 5.75. The Bertz CT molecular complexity index is 819. The largest absolute Gasteiger partial charge is 0.348 e. The summed E-state index contributed by atoms with van der Waals surface area (Å²) in [5.74, 6) is 1.26. The molecule has 0 unspecified atom stereocenters. The van der Waals surface area contributed by atoms with Crippen LogP contribution < -0.4 is 5.32 Å². The van der Waals surface area contributed by atoms with Gasteiger partial charge in [-0.25, -0.2) is 9.97 Å². The van der Waals surface area contributed by atoms with E-state index in [1.165, 1.54) is 5.56 Å². The summed E-state index contributed by atoms with van der Waals surface area (Å²) in [5, 5.41) is 2.91. The normalized spacial score (nSPS) is 10.8. The summed E-state index contributed by atoms with van der Waals surface area (Å²) in [6, 6.07) is 10.3. The first-order valence-corrected chi connectivity index (χ1v) is 7.95. The smallest absolute Gasteiger partial charge is 0.287 e. The lowest BCUT2D eigenvalue weighted by Crippen LogP contribution is -2.30. The average Bonchev–Trinajstić information content (AvgIpc) is 3.16. The molecule has 2 aromatic heterocycles. The molecular weight excluding hydrogens is 302 g/mol. The lowest BCUT2D eigenvalue weighted by atomic mass is 10.1. The highest BCUT2D eigenvalue weighted by atomic mass is 16.2. The highest BCUT2D eigenvalue weighted by Gasteiger charge is 2.11. The predicted molar refractivity (Wildman–Crippen MR) is 91.8 cm³/mol. The van der Waals surface area contributed by atoms with Gasteiger partial charge < -0.3 is 14.5 Å². The molecule has 0 spiro atoms. The highest BCUT2D eigenvalue weighted by Crippen LogP contribution is 2.10. The third kappa shape index (κ3) is 3.53. The number of benzene rings is 1. The van der Waals surface area contributed by atoms with Crippen LogP contribution in [-0.2, 0) is 20.0 Å². The molecule has 6 nitrogen and oxygen atoms in total. The summed E-state index contributed by atoms with van der Waals surface area (Å²) in [7, 11) is 1.81. The number of carbonyl (C=O) groups excluding carboxylic acids is 1. The van der Waals surface area contributed by atoms with E-state index in [1.54, 1.807) is 24.0 Å². The fourth-order valence-corrected chi connectivity index (χ4v) is 2.68. The molecule has 0 aliphatic carbocycles. The summed E-state index contributed by atoms with van der Waals surface area (Å²) >= 11 is 0. The van der Waals surface area contributed by atoms with Gasteiger partial charge in [0, 0.05) is 50.8 Å². The van der Waals surface area contributed by atoms with E-state index >= 15 is 0 Å². The second-order valence-electron chi connectivity index (χ2n) is 5.75. The third-order valence-corrected chi connectivity index (χ3v) is 3.99. The zero-order valence-electron chi connectivity index (χ0n) is 13.9. The van der Waals surface area contributed by atoms with Gasteiger partial charge in [0.15, 0.2) is 5.82 Å². The summed E-state index contributed by atoms with van der Waals surface area (Å²) in [6.07, 6.45) is 6.03. The third-order valence-electron chi connectivity index (χ3n) is 3.99. The molecule has 0 radical (unpaired) electrons. The van der Waals surface area contributed by atoms with Crippen molar-refractivity contribution in [1.82, 2.24) is 24.4 Å². The number of aryl methyl sites for hydroxylation is 2. The first-order valence-electron chi connectivity index (χ1n) is 7.95. The maximum atomic E-state index is 12.1. The Kier molecular flexibility index (Phi) is 4.74. The van der Waals surface area contributed by atoms with Crippen molar-refractivity contribution < 1.29 is 4.79 Å². The Balaban J connectivity index is 1.62. The van der Waals surface area contributed by atoms with Crippen molar-refractivity contribution >= 4 is 5.91 Å². The van der Waals surface area contributed by atoms with Crippen LogP contribution in [-0.4, -0.2) is 31.6 Å². The van der Waals surface area contributed by atoms with E-state index in [1.807, 2.05) is 31.3 Å². The Morgan fingerprint density at radius 2 is 2.00 bits per heavy atom. The molecule has 0 aliphatic heterocycles. The SMILES string of the molecule is Cc1cnc(Cc2ccccc2)n1CCNC(=O)c1nccn1C. The van der Waals surface area contributed by atoms with Crippen molar-refractivity contribution in [3.8, 4) is 0 Å². The number of aromatic nitrogens is 4. The van der Waals surface area contributed by atoms with Crippen molar-refractivity contribution in [1.29, 1.82) is 0 Å². The zero-order valence-corrected chi connectivity index (χ0v) is 13.9. The van der Waals surface area contributed by atoms with E-state index in [0.29, 0.717) is 18.9 Å². The van der Waals surface area contributed by atoms with E-state index in [9.17, 15) is 4.79 Å². The summed E-state index contributed by atoms with van der Waals surface area (Å²) in [5.41, 5.74) is 2.31. The molecule has 0 aliphatic rings. The lowest BCUT2D eigenvalue weighted by Gasteiger charge is -2.11. The predicted octanol–water partition coefficient (Wildman–Crippen LogP) is 1.95. The van der Waals surface area contributed by atoms with E-state index in [4.69, 9.17) is 0 Å². The average molecular weight is 323 g/mol. The van der Waals surface area contributed by atoms with Gasteiger partial charge in [-0.15, -0.1) is 0 Å². The quantitative estimate of drug-likeness (QED) is 0.754. The number of hydrogen-bond donors (Lipinski definition) is 1. The second kappa shape index (κ2) is 7.12. The first kappa shape index (κ1) is 16.0. The first-order chi connectivity index (χ1) is 11.6. The molecule has 2 heterocycles. The summed E-state index contributed by atoms with van der Waals surface area (Å²) < 4.78 is 3.85. The number of rotatable bonds is 6. The molecule has 6 heteroatoms. The van der Waals surface area contributed by atoms with Crippen molar-refractivity contribution in [3.63, 3.8) is 0 Å². The number of carbonyl (C=O) groups is 1. The van der Waals surface area contributed by atoms with Gasteiger partial charge in [-0.05, 0) is 12.5 Å². The van der Waals surface area contributed by atoms with Gasteiger partial charge in [0.05, 0.1) is 0 Å². The molecule has 24 heavy (non-hydrogen) atoms. The fraction of sp³-hybridized carbons (Fsp3) is 0.278.